The van der Waals surface area contributed by atoms with Gasteiger partial charge in [-0.05, 0) is 60.0 Å². The van der Waals surface area contributed by atoms with Gasteiger partial charge < -0.3 is 18.8 Å². The second-order valence-electron chi connectivity index (χ2n) is 8.64. The average Bonchev–Trinajstić information content (AvgIpc) is 3.43. The zero-order valence-corrected chi connectivity index (χ0v) is 20.2. The highest BCUT2D eigenvalue weighted by Gasteiger charge is 2.32. The van der Waals surface area contributed by atoms with E-state index in [9.17, 15) is 22.8 Å². The monoisotopic (exact) mass is 521 g/mol. The van der Waals surface area contributed by atoms with Crippen molar-refractivity contribution in [2.75, 3.05) is 11.5 Å². The van der Waals surface area contributed by atoms with Crippen molar-refractivity contribution in [3.8, 4) is 5.75 Å². The van der Waals surface area contributed by atoms with E-state index in [1.165, 1.54) is 29.2 Å². The molecule has 1 aliphatic heterocycles. The maximum Gasteiger partial charge on any atom is 0.573 e. The molecule has 3 aromatic carbocycles. The number of alkyl halides is 3. The third kappa shape index (κ3) is 5.27. The summed E-state index contributed by atoms with van der Waals surface area (Å²) >= 11 is 0. The summed E-state index contributed by atoms with van der Waals surface area (Å²) in [7, 11) is 0. The molecule has 1 aromatic heterocycles. The lowest BCUT2D eigenvalue weighted by Gasteiger charge is -2.16. The van der Waals surface area contributed by atoms with Crippen LogP contribution >= 0.6 is 0 Å². The summed E-state index contributed by atoms with van der Waals surface area (Å²) < 4.78 is 51.9. The molecular formula is C29H22F3NO5. The Morgan fingerprint density at radius 1 is 1.08 bits per heavy atom. The van der Waals surface area contributed by atoms with E-state index in [1.807, 2.05) is 36.4 Å². The van der Waals surface area contributed by atoms with Gasteiger partial charge in [0, 0.05) is 22.2 Å². The molecule has 0 N–H and O–H groups in total. The molecule has 0 atom stereocenters. The highest BCUT2D eigenvalue weighted by molar-refractivity contribution is 6.10. The number of carbonyl (C=O) groups excluding carboxylic acids is 2. The first-order chi connectivity index (χ1) is 18.2. The summed E-state index contributed by atoms with van der Waals surface area (Å²) in [4.78, 5) is 26.4. The molecule has 2 heterocycles. The van der Waals surface area contributed by atoms with Crippen molar-refractivity contribution in [1.82, 2.24) is 0 Å². The number of ether oxygens (including phenoxy) is 2. The fourth-order valence-electron chi connectivity index (χ4n) is 4.44. The predicted molar refractivity (Wildman–Crippen MR) is 136 cm³/mol. The van der Waals surface area contributed by atoms with Gasteiger partial charge in [0.2, 0.25) is 0 Å². The summed E-state index contributed by atoms with van der Waals surface area (Å²) in [6.07, 6.45) is 0.712. The van der Waals surface area contributed by atoms with Gasteiger partial charge in [0.1, 0.15) is 11.3 Å². The van der Waals surface area contributed by atoms with E-state index in [0.717, 1.165) is 27.6 Å². The smallest absolute Gasteiger partial charge is 0.466 e. The van der Waals surface area contributed by atoms with Crippen molar-refractivity contribution < 1.29 is 36.7 Å². The number of hydrogen-bond donors (Lipinski definition) is 0. The first-order valence-electron chi connectivity index (χ1n) is 11.9. The van der Waals surface area contributed by atoms with Crippen molar-refractivity contribution in [2.24, 2.45) is 0 Å². The highest BCUT2D eigenvalue weighted by Crippen LogP contribution is 2.33. The highest BCUT2D eigenvalue weighted by atomic mass is 19.4. The Kier molecular flexibility index (Phi) is 6.67. The Morgan fingerprint density at radius 2 is 1.87 bits per heavy atom. The Labute approximate surface area is 215 Å². The molecule has 0 spiro atoms. The normalized spacial score (nSPS) is 13.4. The molecule has 1 aliphatic rings. The summed E-state index contributed by atoms with van der Waals surface area (Å²) in [5.74, 6) is -0.896. The van der Waals surface area contributed by atoms with Crippen LogP contribution in [0.25, 0.3) is 23.1 Å². The molecule has 1 amide bonds. The van der Waals surface area contributed by atoms with Crippen LogP contribution < -0.4 is 9.64 Å². The predicted octanol–water partition coefficient (Wildman–Crippen LogP) is 6.77. The molecule has 0 bridgehead atoms. The summed E-state index contributed by atoms with van der Waals surface area (Å²) in [5, 5.41) is 0.837. The number of carbonyl (C=O) groups is 2. The lowest BCUT2D eigenvalue weighted by Crippen LogP contribution is -2.23. The summed E-state index contributed by atoms with van der Waals surface area (Å²) in [6.45, 7) is 2.36. The first-order valence-corrected chi connectivity index (χ1v) is 11.9. The number of amides is 1. The Morgan fingerprint density at radius 3 is 2.61 bits per heavy atom. The fraction of sp³-hybridized carbons (Fsp3) is 0.172. The molecule has 194 valence electrons. The zero-order chi connectivity index (χ0) is 26.9. The standard InChI is InChI=1S/C29H22F3NO5/c1-2-36-27(34)15-20-17-37-26-14-18(7-13-23(20)26)6-8-19-4-3-5-24-25(19)16-33(28(24)35)21-9-11-22(12-10-21)38-29(30,31)32/h3-14,17H,2,15-16H2,1H3/b8-6+. The number of hydrogen-bond acceptors (Lipinski definition) is 5. The minimum Gasteiger partial charge on any atom is -0.466 e. The quantitative estimate of drug-likeness (QED) is 0.198. The van der Waals surface area contributed by atoms with E-state index >= 15 is 0 Å². The van der Waals surface area contributed by atoms with Gasteiger partial charge in [-0.3, -0.25) is 9.59 Å². The van der Waals surface area contributed by atoms with Gasteiger partial charge in [-0.15, -0.1) is 13.2 Å². The second-order valence-corrected chi connectivity index (χ2v) is 8.64. The van der Waals surface area contributed by atoms with Gasteiger partial charge in [-0.25, -0.2) is 0 Å². The van der Waals surface area contributed by atoms with Crippen LogP contribution in [0.5, 0.6) is 5.75 Å². The van der Waals surface area contributed by atoms with Crippen LogP contribution in [0.1, 0.15) is 39.5 Å². The number of esters is 1. The third-order valence-electron chi connectivity index (χ3n) is 6.16. The molecule has 0 unspecified atom stereocenters. The number of benzene rings is 3. The molecule has 5 rings (SSSR count). The van der Waals surface area contributed by atoms with Crippen LogP contribution in [0.4, 0.5) is 18.9 Å². The lowest BCUT2D eigenvalue weighted by molar-refractivity contribution is -0.274. The molecule has 6 nitrogen and oxygen atoms in total. The van der Waals surface area contributed by atoms with Gasteiger partial charge in [0.15, 0.2) is 0 Å². The topological polar surface area (TPSA) is 69.0 Å². The fourth-order valence-corrected chi connectivity index (χ4v) is 4.44. The number of anilines is 1. The van der Waals surface area contributed by atoms with E-state index in [4.69, 9.17) is 9.15 Å². The van der Waals surface area contributed by atoms with E-state index < -0.39 is 6.36 Å². The van der Waals surface area contributed by atoms with Gasteiger partial charge >= 0.3 is 12.3 Å². The number of fused-ring (bicyclic) bond motifs is 2. The molecule has 4 aromatic rings. The Bertz CT molecular complexity index is 1540. The molecule has 0 aliphatic carbocycles. The molecule has 0 saturated heterocycles. The van der Waals surface area contributed by atoms with Crippen molar-refractivity contribution in [3.63, 3.8) is 0 Å². The number of furan rings is 1. The lowest BCUT2D eigenvalue weighted by atomic mass is 10.0. The van der Waals surface area contributed by atoms with Crippen molar-refractivity contribution in [2.45, 2.75) is 26.3 Å². The maximum absolute atomic E-state index is 13.0. The number of rotatable bonds is 7. The maximum atomic E-state index is 13.0. The Balaban J connectivity index is 1.34. The SMILES string of the molecule is CCOC(=O)Cc1coc2cc(/C=C/c3cccc4c3CN(c3ccc(OC(F)(F)F)cc3)C4=O)ccc12. The van der Waals surface area contributed by atoms with Crippen LogP contribution in [0.15, 0.2) is 71.3 Å². The molecule has 9 heteroatoms. The Hall–Kier alpha value is -4.53. The van der Waals surface area contributed by atoms with Gasteiger partial charge in [0.05, 0.1) is 25.8 Å². The molecule has 0 fully saturated rings. The molecule has 0 radical (unpaired) electrons. The third-order valence-corrected chi connectivity index (χ3v) is 6.16. The number of nitrogens with zero attached hydrogens (tertiary/aromatic N) is 1. The first kappa shape index (κ1) is 25.1. The summed E-state index contributed by atoms with van der Waals surface area (Å²) in [5.41, 5.74) is 4.94. The minimum absolute atomic E-state index is 0.134. The van der Waals surface area contributed by atoms with Gasteiger partial charge in [0.25, 0.3) is 5.91 Å². The largest absolute Gasteiger partial charge is 0.573 e. The summed E-state index contributed by atoms with van der Waals surface area (Å²) in [6, 6.07) is 16.3. The van der Waals surface area contributed by atoms with Crippen LogP contribution in [-0.2, 0) is 22.5 Å². The molecule has 0 saturated carbocycles. The van der Waals surface area contributed by atoms with Crippen molar-refractivity contribution in [1.29, 1.82) is 0 Å². The van der Waals surface area contributed by atoms with Crippen molar-refractivity contribution >= 4 is 40.7 Å². The van der Waals surface area contributed by atoms with Crippen molar-refractivity contribution in [3.05, 3.63) is 94.7 Å². The molecule has 38 heavy (non-hydrogen) atoms. The van der Waals surface area contributed by atoms with E-state index in [1.54, 1.807) is 25.3 Å². The van der Waals surface area contributed by atoms with Crippen LogP contribution in [0.2, 0.25) is 0 Å². The van der Waals surface area contributed by atoms with E-state index in [-0.39, 0.29) is 30.6 Å². The molecular weight excluding hydrogens is 499 g/mol. The van der Waals surface area contributed by atoms with Gasteiger partial charge in [-0.2, -0.15) is 0 Å². The van der Waals surface area contributed by atoms with E-state index in [0.29, 0.717) is 23.4 Å². The van der Waals surface area contributed by atoms with Crippen LogP contribution in [0, 0.1) is 0 Å². The van der Waals surface area contributed by atoms with Crippen LogP contribution in [-0.4, -0.2) is 24.8 Å². The zero-order valence-electron chi connectivity index (χ0n) is 20.2. The second kappa shape index (κ2) is 10.1. The number of halogens is 3. The average molecular weight is 521 g/mol. The van der Waals surface area contributed by atoms with Gasteiger partial charge in [-0.1, -0.05) is 36.4 Å². The minimum atomic E-state index is -4.78. The van der Waals surface area contributed by atoms with Crippen LogP contribution in [0.3, 0.4) is 0 Å². The van der Waals surface area contributed by atoms with E-state index in [2.05, 4.69) is 4.74 Å².